The van der Waals surface area contributed by atoms with Crippen LogP contribution in [0.2, 0.25) is 0 Å². The number of likely N-dealkylation sites (tertiary alicyclic amines) is 1. The van der Waals surface area contributed by atoms with Gasteiger partial charge in [-0.15, -0.1) is 10.2 Å². The Bertz CT molecular complexity index is 1030. The minimum atomic E-state index is -4.54. The van der Waals surface area contributed by atoms with Crippen LogP contribution in [0.3, 0.4) is 0 Å². The molecule has 2 unspecified atom stereocenters. The van der Waals surface area contributed by atoms with Crippen molar-refractivity contribution in [1.29, 1.82) is 0 Å². The standard InChI is InChI=1S/C23H27F3N4O3/c1-13-11-14(23(24,25)26)12-18(31)20(13)15-5-6-19(28-27-15)29-9-7-17-16(29)8-10-30(17)21(32)33-22(2,3)4/h5-6,11-12,16-17,31H,7-10H2,1-4H3. The van der Waals surface area contributed by atoms with Crippen molar-refractivity contribution in [2.75, 3.05) is 18.0 Å². The molecule has 7 nitrogen and oxygen atoms in total. The molecule has 0 spiro atoms. The molecule has 4 rings (SSSR count). The SMILES string of the molecule is Cc1cc(C(F)(F)F)cc(O)c1-c1ccc(N2CCC3C2CCN3C(=O)OC(C)(C)C)nn1. The molecular weight excluding hydrogens is 437 g/mol. The number of aromatic hydroxyl groups is 1. The van der Waals surface area contributed by atoms with Gasteiger partial charge in [0.15, 0.2) is 5.82 Å². The lowest BCUT2D eigenvalue weighted by Gasteiger charge is -2.28. The number of anilines is 1. The Kier molecular flexibility index (Phi) is 5.66. The Labute approximate surface area is 190 Å². The van der Waals surface area contributed by atoms with E-state index in [0.29, 0.717) is 30.7 Å². The summed E-state index contributed by atoms with van der Waals surface area (Å²) in [6.07, 6.45) is -3.29. The number of benzene rings is 1. The summed E-state index contributed by atoms with van der Waals surface area (Å²) in [5.41, 5.74) is -0.700. The highest BCUT2D eigenvalue weighted by molar-refractivity contribution is 5.72. The smallest absolute Gasteiger partial charge is 0.416 e. The summed E-state index contributed by atoms with van der Waals surface area (Å²) < 4.78 is 44.5. The molecule has 2 atom stereocenters. The third-order valence-electron chi connectivity index (χ3n) is 6.05. The van der Waals surface area contributed by atoms with Crippen molar-refractivity contribution in [2.24, 2.45) is 0 Å². The maximum absolute atomic E-state index is 13.0. The second kappa shape index (κ2) is 8.07. The summed E-state index contributed by atoms with van der Waals surface area (Å²) in [5.74, 6) is 0.135. The van der Waals surface area contributed by atoms with Crippen molar-refractivity contribution in [2.45, 2.75) is 64.4 Å². The zero-order valence-electron chi connectivity index (χ0n) is 19.0. The van der Waals surface area contributed by atoms with Crippen molar-refractivity contribution in [3.63, 3.8) is 0 Å². The predicted molar refractivity (Wildman–Crippen MR) is 116 cm³/mol. The summed E-state index contributed by atoms with van der Waals surface area (Å²) in [6.45, 7) is 8.32. The van der Waals surface area contributed by atoms with E-state index in [2.05, 4.69) is 15.1 Å². The summed E-state index contributed by atoms with van der Waals surface area (Å²) in [4.78, 5) is 16.4. The van der Waals surface area contributed by atoms with Gasteiger partial charge in [0.1, 0.15) is 11.4 Å². The van der Waals surface area contributed by atoms with Crippen LogP contribution in [-0.4, -0.2) is 57.1 Å². The second-order valence-electron chi connectivity index (χ2n) is 9.54. The van der Waals surface area contributed by atoms with Crippen molar-refractivity contribution in [3.05, 3.63) is 35.4 Å². The average Bonchev–Trinajstić information content (AvgIpc) is 3.28. The Morgan fingerprint density at radius 2 is 1.79 bits per heavy atom. The van der Waals surface area contributed by atoms with Gasteiger partial charge in [-0.1, -0.05) is 0 Å². The number of nitrogens with zero attached hydrogens (tertiary/aromatic N) is 4. The highest BCUT2D eigenvalue weighted by Gasteiger charge is 2.46. The normalized spacial score (nSPS) is 20.8. The van der Waals surface area contributed by atoms with Crippen molar-refractivity contribution in [1.82, 2.24) is 15.1 Å². The first kappa shape index (κ1) is 23.1. The van der Waals surface area contributed by atoms with E-state index in [1.54, 1.807) is 17.0 Å². The molecule has 3 heterocycles. The number of hydrogen-bond donors (Lipinski definition) is 1. The number of rotatable bonds is 2. The Morgan fingerprint density at radius 1 is 1.09 bits per heavy atom. The average molecular weight is 464 g/mol. The molecule has 2 aliphatic rings. The van der Waals surface area contributed by atoms with E-state index >= 15 is 0 Å². The fourth-order valence-electron chi connectivity index (χ4n) is 4.70. The topological polar surface area (TPSA) is 78.8 Å². The maximum Gasteiger partial charge on any atom is 0.416 e. The number of ether oxygens (including phenoxy) is 1. The van der Waals surface area contributed by atoms with E-state index in [4.69, 9.17) is 4.74 Å². The van der Waals surface area contributed by atoms with E-state index in [9.17, 15) is 23.1 Å². The van der Waals surface area contributed by atoms with Gasteiger partial charge in [0.2, 0.25) is 0 Å². The zero-order chi connectivity index (χ0) is 24.1. The van der Waals surface area contributed by atoms with Crippen LogP contribution >= 0.6 is 0 Å². The maximum atomic E-state index is 13.0. The third kappa shape index (κ3) is 4.56. The fourth-order valence-corrected chi connectivity index (χ4v) is 4.70. The first-order valence-electron chi connectivity index (χ1n) is 10.9. The first-order valence-corrected chi connectivity index (χ1v) is 10.9. The summed E-state index contributed by atoms with van der Waals surface area (Å²) >= 11 is 0. The van der Waals surface area contributed by atoms with Gasteiger partial charge in [0.05, 0.1) is 23.3 Å². The lowest BCUT2D eigenvalue weighted by molar-refractivity contribution is -0.137. The number of fused-ring (bicyclic) bond motifs is 1. The number of amides is 1. The molecule has 1 amide bonds. The van der Waals surface area contributed by atoms with Gasteiger partial charge in [-0.3, -0.25) is 0 Å². The van der Waals surface area contributed by atoms with Gasteiger partial charge in [0, 0.05) is 18.7 Å². The minimum absolute atomic E-state index is 0.0301. The van der Waals surface area contributed by atoms with Crippen LogP contribution in [0, 0.1) is 6.92 Å². The quantitative estimate of drug-likeness (QED) is 0.690. The van der Waals surface area contributed by atoms with Crippen LogP contribution in [0.1, 0.15) is 44.7 Å². The number of carbonyl (C=O) groups is 1. The van der Waals surface area contributed by atoms with Gasteiger partial charge in [-0.25, -0.2) is 4.79 Å². The number of halogens is 3. The Morgan fingerprint density at radius 3 is 2.36 bits per heavy atom. The van der Waals surface area contributed by atoms with Crippen LogP contribution in [-0.2, 0) is 10.9 Å². The number of hydrogen-bond acceptors (Lipinski definition) is 6. The van der Waals surface area contributed by atoms with Gasteiger partial charge in [0.25, 0.3) is 0 Å². The zero-order valence-corrected chi connectivity index (χ0v) is 19.0. The second-order valence-corrected chi connectivity index (χ2v) is 9.54. The van der Waals surface area contributed by atoms with E-state index in [1.165, 1.54) is 6.92 Å². The molecule has 0 saturated carbocycles. The van der Waals surface area contributed by atoms with Crippen LogP contribution < -0.4 is 4.90 Å². The summed E-state index contributed by atoms with van der Waals surface area (Å²) in [6, 6.07) is 5.20. The molecule has 0 radical (unpaired) electrons. The molecule has 33 heavy (non-hydrogen) atoms. The van der Waals surface area contributed by atoms with Crippen LogP contribution in [0.15, 0.2) is 24.3 Å². The van der Waals surface area contributed by atoms with Gasteiger partial charge < -0.3 is 19.6 Å². The molecule has 178 valence electrons. The lowest BCUT2D eigenvalue weighted by Crippen LogP contribution is -2.42. The van der Waals surface area contributed by atoms with Gasteiger partial charge in [-0.05, 0) is 70.4 Å². The molecule has 1 aromatic heterocycles. The van der Waals surface area contributed by atoms with E-state index < -0.39 is 23.1 Å². The largest absolute Gasteiger partial charge is 0.507 e. The van der Waals surface area contributed by atoms with E-state index in [1.807, 2.05) is 20.8 Å². The van der Waals surface area contributed by atoms with E-state index in [0.717, 1.165) is 18.9 Å². The van der Waals surface area contributed by atoms with Gasteiger partial charge >= 0.3 is 12.3 Å². The molecule has 1 N–H and O–H groups in total. The van der Waals surface area contributed by atoms with Crippen LogP contribution in [0.25, 0.3) is 11.3 Å². The monoisotopic (exact) mass is 464 g/mol. The number of carbonyl (C=O) groups excluding carboxylic acids is 1. The fraction of sp³-hybridized carbons (Fsp3) is 0.522. The Balaban J connectivity index is 1.52. The number of phenols is 1. The lowest BCUT2D eigenvalue weighted by atomic mass is 10.0. The molecule has 10 heteroatoms. The molecule has 2 saturated heterocycles. The molecule has 0 bridgehead atoms. The highest BCUT2D eigenvalue weighted by Crippen LogP contribution is 2.39. The van der Waals surface area contributed by atoms with Crippen LogP contribution in [0.5, 0.6) is 5.75 Å². The predicted octanol–water partition coefficient (Wildman–Crippen LogP) is 4.76. The number of aromatic nitrogens is 2. The van der Waals surface area contributed by atoms with Crippen molar-refractivity contribution >= 4 is 11.9 Å². The minimum Gasteiger partial charge on any atom is -0.507 e. The molecular formula is C23H27F3N4O3. The third-order valence-corrected chi connectivity index (χ3v) is 6.05. The van der Waals surface area contributed by atoms with Gasteiger partial charge in [-0.2, -0.15) is 13.2 Å². The molecule has 0 aliphatic carbocycles. The van der Waals surface area contributed by atoms with Crippen molar-refractivity contribution in [3.8, 4) is 17.0 Å². The van der Waals surface area contributed by atoms with Crippen LogP contribution in [0.4, 0.5) is 23.8 Å². The number of aryl methyl sites for hydroxylation is 1. The molecule has 2 aromatic rings. The van der Waals surface area contributed by atoms with Crippen molar-refractivity contribution < 1.29 is 27.8 Å². The molecule has 2 aliphatic heterocycles. The molecule has 1 aromatic carbocycles. The highest BCUT2D eigenvalue weighted by atomic mass is 19.4. The first-order chi connectivity index (χ1) is 15.3. The number of phenolic OH excluding ortho intramolecular Hbond substituents is 1. The number of alkyl halides is 3. The molecule has 2 fully saturated rings. The summed E-state index contributed by atoms with van der Waals surface area (Å²) in [5, 5.41) is 18.7. The Hall–Kier alpha value is -3.04. The summed E-state index contributed by atoms with van der Waals surface area (Å²) in [7, 11) is 0. The van der Waals surface area contributed by atoms with E-state index in [-0.39, 0.29) is 29.3 Å².